The molecular weight excluding hydrogens is 838 g/mol. The van der Waals surface area contributed by atoms with Crippen LogP contribution < -0.4 is 10.6 Å². The van der Waals surface area contributed by atoms with Crippen LogP contribution in [0.2, 0.25) is 0 Å². The van der Waals surface area contributed by atoms with Gasteiger partial charge in [-0.1, -0.05) is 13.8 Å². The number of hydrogen-bond donors (Lipinski definition) is 2. The molecule has 0 bridgehead atoms. The molecule has 26 heavy (non-hydrogen) atoms. The molecule has 0 spiro atoms. The van der Waals surface area contributed by atoms with Crippen LogP contribution in [0.4, 0.5) is 5.82 Å². The molecule has 0 saturated carbocycles. The van der Waals surface area contributed by atoms with Crippen molar-refractivity contribution in [2.45, 2.75) is 73.4 Å². The summed E-state index contributed by atoms with van der Waals surface area (Å²) < 4.78 is 3.03. The van der Waals surface area contributed by atoms with Gasteiger partial charge in [-0.2, -0.15) is 0 Å². The van der Waals surface area contributed by atoms with Gasteiger partial charge >= 0.3 is 116 Å². The maximum atomic E-state index is 4.58. The van der Waals surface area contributed by atoms with Gasteiger partial charge < -0.3 is 5.32 Å². The van der Waals surface area contributed by atoms with Crippen molar-refractivity contribution < 1.29 is 58.1 Å². The Kier molecular flexibility index (Phi) is 18.1. The molecule has 1 aromatic heterocycles. The number of anilines is 1. The molecule has 0 saturated heterocycles. The van der Waals surface area contributed by atoms with Gasteiger partial charge in [0.2, 0.25) is 0 Å². The molecule has 0 unspecified atom stereocenters. The first-order chi connectivity index (χ1) is 12.1. The van der Waals surface area contributed by atoms with E-state index in [-0.39, 0.29) is 0 Å². The summed E-state index contributed by atoms with van der Waals surface area (Å²) in [5, 5.41) is 14.5. The van der Waals surface area contributed by atoms with E-state index in [1.54, 1.807) is 42.6 Å². The standard InChI is InChI=1S/C9H16N4.C8H15N.CH.3W/c1-6(2)8-9(12-7(3)4)10-5-11-13-8;1-7(2)5-6-9-8(3)4;;;;/h5-7H,1-4H3,(H,10,11,12);7-9H,1-4H3;1H;;;/q;;-1;;;. The third-order valence-corrected chi connectivity index (χ3v) is 8.44. The number of aromatic nitrogens is 3. The van der Waals surface area contributed by atoms with Crippen LogP contribution in [0, 0.1) is 5.92 Å². The Hall–Kier alpha value is 0.445. The van der Waals surface area contributed by atoms with Crippen LogP contribution in [0.5, 0.6) is 0 Å². The first kappa shape index (κ1) is 28.7. The second-order valence-electron chi connectivity index (χ2n) is 6.79. The minimum atomic E-state index is 0.349. The van der Waals surface area contributed by atoms with E-state index in [9.17, 15) is 0 Å². The molecule has 1 aromatic rings. The monoisotopic (exact) mass is 870 g/mol. The average molecular weight is 870 g/mol. The normalized spacial score (nSPS) is 10.2. The van der Waals surface area contributed by atoms with E-state index in [1.807, 2.05) is 0 Å². The van der Waals surface area contributed by atoms with E-state index in [0.717, 1.165) is 30.9 Å². The molecule has 0 fully saturated rings. The van der Waals surface area contributed by atoms with Crippen molar-refractivity contribution in [2.24, 2.45) is 5.92 Å². The Morgan fingerprint density at radius 1 is 0.962 bits per heavy atom. The molecule has 148 valence electrons. The third kappa shape index (κ3) is 13.6. The fourth-order valence-electron chi connectivity index (χ4n) is 1.65. The summed E-state index contributed by atoms with van der Waals surface area (Å²) in [7, 11) is 0. The van der Waals surface area contributed by atoms with Crippen molar-refractivity contribution in [1.82, 2.24) is 20.5 Å². The van der Waals surface area contributed by atoms with Gasteiger partial charge in [-0.05, 0) is 13.8 Å². The van der Waals surface area contributed by atoms with Crippen molar-refractivity contribution in [3.8, 4) is 0 Å². The fourth-order valence-corrected chi connectivity index (χ4v) is 3.56. The van der Waals surface area contributed by atoms with Crippen LogP contribution in [-0.4, -0.2) is 40.1 Å². The van der Waals surface area contributed by atoms with Gasteiger partial charge in [0, 0.05) is 12.0 Å². The van der Waals surface area contributed by atoms with Crippen molar-refractivity contribution in [2.75, 3.05) is 5.32 Å². The summed E-state index contributed by atoms with van der Waals surface area (Å²) in [6, 6.07) is 0.949. The molecular formula is C18H32N5W3-. The molecule has 2 N–H and O–H groups in total. The Balaban J connectivity index is 0. The zero-order valence-corrected chi connectivity index (χ0v) is 25.8. The van der Waals surface area contributed by atoms with Crippen LogP contribution in [0.1, 0.15) is 67.0 Å². The van der Waals surface area contributed by atoms with Gasteiger partial charge in [-0.15, -0.1) is 10.2 Å². The number of nitrogens with zero attached hydrogens (tertiary/aromatic N) is 3. The summed E-state index contributed by atoms with van der Waals surface area (Å²) in [6.07, 6.45) is 1.47. The Morgan fingerprint density at radius 2 is 1.50 bits per heavy atom. The van der Waals surface area contributed by atoms with Gasteiger partial charge in [0.1, 0.15) is 12.0 Å². The predicted octanol–water partition coefficient (Wildman–Crippen LogP) is 2.69. The quantitative estimate of drug-likeness (QED) is 0.414. The SMILES string of the molecule is CC(C)N[C](=[W])[C](=[W])C(C)C.CC(C)Nc1ncnnc1C(C)C.[CH-]=[W]. The molecule has 0 aliphatic carbocycles. The van der Waals surface area contributed by atoms with Crippen molar-refractivity contribution in [3.05, 3.63) is 12.0 Å². The van der Waals surface area contributed by atoms with Crippen molar-refractivity contribution in [3.63, 3.8) is 0 Å². The third-order valence-electron chi connectivity index (χ3n) is 2.79. The molecule has 5 nitrogen and oxygen atoms in total. The van der Waals surface area contributed by atoms with Crippen LogP contribution in [0.15, 0.2) is 6.33 Å². The van der Waals surface area contributed by atoms with Crippen LogP contribution in [-0.2, 0) is 58.1 Å². The molecule has 0 aliphatic rings. The van der Waals surface area contributed by atoms with Gasteiger partial charge in [0.05, 0.1) is 0 Å². The van der Waals surface area contributed by atoms with Gasteiger partial charge in [0.25, 0.3) is 0 Å². The van der Waals surface area contributed by atoms with E-state index in [2.05, 4.69) is 86.1 Å². The average Bonchev–Trinajstić information content (AvgIpc) is 2.55. The Labute approximate surface area is 192 Å². The van der Waals surface area contributed by atoms with Gasteiger partial charge in [0.15, 0.2) is 5.82 Å². The molecule has 0 amide bonds. The first-order valence-corrected chi connectivity index (χ1v) is 13.2. The van der Waals surface area contributed by atoms with Crippen molar-refractivity contribution in [1.29, 1.82) is 0 Å². The zero-order chi connectivity index (χ0) is 20.9. The molecule has 1 rings (SSSR count). The summed E-state index contributed by atoms with van der Waals surface area (Å²) >= 11 is 4.25. The minimum absolute atomic E-state index is 0.349. The predicted molar refractivity (Wildman–Crippen MR) is 102 cm³/mol. The maximum absolute atomic E-state index is 4.58. The Bertz CT molecular complexity index is 545. The molecule has 0 atom stereocenters. The molecule has 8 heteroatoms. The molecule has 0 radical (unpaired) electrons. The first-order valence-electron chi connectivity index (χ1n) is 8.58. The Morgan fingerprint density at radius 3 is 1.88 bits per heavy atom. The van der Waals surface area contributed by atoms with E-state index in [4.69, 9.17) is 0 Å². The van der Waals surface area contributed by atoms with E-state index >= 15 is 0 Å². The van der Waals surface area contributed by atoms with Gasteiger partial charge in [-0.25, -0.2) is 4.98 Å². The van der Waals surface area contributed by atoms with E-state index < -0.39 is 0 Å². The molecule has 0 aromatic carbocycles. The molecule has 0 aliphatic heterocycles. The van der Waals surface area contributed by atoms with Crippen LogP contribution in [0.25, 0.3) is 0 Å². The topological polar surface area (TPSA) is 62.7 Å². The van der Waals surface area contributed by atoms with Crippen molar-refractivity contribution >= 4 is 18.6 Å². The van der Waals surface area contributed by atoms with E-state index in [0.29, 0.717) is 23.9 Å². The fraction of sp³-hybridized carbons (Fsp3) is 0.667. The summed E-state index contributed by atoms with van der Waals surface area (Å²) in [4.78, 5) is 8.74. The summed E-state index contributed by atoms with van der Waals surface area (Å²) in [6.45, 7) is 17.2. The summed E-state index contributed by atoms with van der Waals surface area (Å²) in [5.41, 5.74) is 0.927. The second-order valence-corrected chi connectivity index (χ2v) is 9.84. The van der Waals surface area contributed by atoms with Gasteiger partial charge in [-0.3, -0.25) is 0 Å². The second kappa shape index (κ2) is 16.4. The summed E-state index contributed by atoms with van der Waals surface area (Å²) in [5.74, 6) is 1.91. The van der Waals surface area contributed by atoms with Crippen LogP contribution >= 0.6 is 0 Å². The molecule has 1 heterocycles. The number of hydrogen-bond acceptors (Lipinski definition) is 5. The number of rotatable bonds is 7. The zero-order valence-electron chi connectivity index (χ0n) is 17.0. The number of nitrogens with one attached hydrogen (secondary N) is 2. The van der Waals surface area contributed by atoms with E-state index in [1.165, 1.54) is 10.3 Å². The van der Waals surface area contributed by atoms with Crippen LogP contribution in [0.3, 0.4) is 0 Å².